The van der Waals surface area contributed by atoms with Gasteiger partial charge in [0, 0.05) is 36.6 Å². The van der Waals surface area contributed by atoms with E-state index in [1.54, 1.807) is 12.3 Å². The smallest absolute Gasteiger partial charge is 0.308 e. The van der Waals surface area contributed by atoms with Gasteiger partial charge >= 0.3 is 5.97 Å². The molecule has 0 atom stereocenters. The lowest BCUT2D eigenvalue weighted by molar-refractivity contribution is -0.131. The van der Waals surface area contributed by atoms with Crippen LogP contribution >= 0.6 is 0 Å². The van der Waals surface area contributed by atoms with Crippen LogP contribution in [0.5, 0.6) is 5.75 Å². The lowest BCUT2D eigenvalue weighted by Gasteiger charge is -2.06. The highest BCUT2D eigenvalue weighted by Gasteiger charge is 2.11. The van der Waals surface area contributed by atoms with Gasteiger partial charge in [0.2, 0.25) is 5.91 Å². The first-order valence-electron chi connectivity index (χ1n) is 9.43. The Hall–Kier alpha value is -4.06. The molecule has 6 nitrogen and oxygen atoms in total. The first kappa shape index (κ1) is 19.3. The normalized spacial score (nSPS) is 11.1. The molecular weight excluding hydrogens is 378 g/mol. The molecule has 148 valence electrons. The van der Waals surface area contributed by atoms with E-state index >= 15 is 0 Å². The van der Waals surface area contributed by atoms with E-state index in [2.05, 4.69) is 10.1 Å². The zero-order valence-corrected chi connectivity index (χ0v) is 16.6. The highest BCUT2D eigenvalue weighted by molar-refractivity contribution is 5.88. The molecule has 6 heteroatoms. The molecule has 0 aliphatic carbocycles. The summed E-state index contributed by atoms with van der Waals surface area (Å²) in [7, 11) is 0. The van der Waals surface area contributed by atoms with Gasteiger partial charge < -0.3 is 4.74 Å². The molecule has 2 aromatic heterocycles. The van der Waals surface area contributed by atoms with Crippen molar-refractivity contribution in [3.8, 4) is 17.0 Å². The van der Waals surface area contributed by atoms with Crippen LogP contribution in [0.2, 0.25) is 0 Å². The Morgan fingerprint density at radius 2 is 1.73 bits per heavy atom. The van der Waals surface area contributed by atoms with Gasteiger partial charge in [0.15, 0.2) is 5.75 Å². The fraction of sp³-hybridized carbons (Fsp3) is 0.0833. The second-order valence-electron chi connectivity index (χ2n) is 6.75. The monoisotopic (exact) mass is 397 g/mol. The Morgan fingerprint density at radius 1 is 0.933 bits per heavy atom. The Morgan fingerprint density at radius 3 is 2.47 bits per heavy atom. The second kappa shape index (κ2) is 8.13. The molecule has 30 heavy (non-hydrogen) atoms. The van der Waals surface area contributed by atoms with E-state index in [4.69, 9.17) is 4.74 Å². The van der Waals surface area contributed by atoms with Gasteiger partial charge in [-0.05, 0) is 24.3 Å². The first-order chi connectivity index (χ1) is 14.5. The zero-order valence-electron chi connectivity index (χ0n) is 16.6. The van der Waals surface area contributed by atoms with Crippen molar-refractivity contribution < 1.29 is 14.3 Å². The summed E-state index contributed by atoms with van der Waals surface area (Å²) < 4.78 is 6.60. The molecule has 0 unspecified atom stereocenters. The molecule has 0 N–H and O–H groups in total. The van der Waals surface area contributed by atoms with Gasteiger partial charge in [0.25, 0.3) is 0 Å². The lowest BCUT2D eigenvalue weighted by Crippen LogP contribution is -2.05. The van der Waals surface area contributed by atoms with Crippen LogP contribution in [0.3, 0.4) is 0 Å². The molecule has 0 amide bonds. The number of rotatable bonds is 4. The van der Waals surface area contributed by atoms with E-state index in [1.807, 2.05) is 66.7 Å². The maximum atomic E-state index is 11.8. The lowest BCUT2D eigenvalue weighted by atomic mass is 10.1. The molecule has 2 heterocycles. The highest BCUT2D eigenvalue weighted by atomic mass is 16.5. The maximum Gasteiger partial charge on any atom is 0.308 e. The third-order valence-corrected chi connectivity index (χ3v) is 4.50. The van der Waals surface area contributed by atoms with Crippen LogP contribution in [0.1, 0.15) is 29.9 Å². The number of ether oxygens (including phenoxy) is 1. The maximum absolute atomic E-state index is 11.8. The Labute approximate surface area is 173 Å². The number of pyridine rings is 1. The number of hydrogen-bond donors (Lipinski definition) is 0. The molecule has 0 bridgehead atoms. The number of carbonyl (C=O) groups excluding carboxylic acids is 2. The average Bonchev–Trinajstić information content (AvgIpc) is 3.17. The molecule has 0 saturated heterocycles. The van der Waals surface area contributed by atoms with Crippen molar-refractivity contribution in [2.45, 2.75) is 13.8 Å². The van der Waals surface area contributed by atoms with Crippen molar-refractivity contribution in [3.05, 3.63) is 78.1 Å². The summed E-state index contributed by atoms with van der Waals surface area (Å²) >= 11 is 0. The summed E-state index contributed by atoms with van der Waals surface area (Å²) in [5.74, 6) is -0.138. The molecule has 0 saturated carbocycles. The molecule has 4 aromatic rings. The van der Waals surface area contributed by atoms with E-state index < -0.39 is 5.97 Å². The van der Waals surface area contributed by atoms with E-state index in [-0.39, 0.29) is 5.91 Å². The predicted octanol–water partition coefficient (Wildman–Crippen LogP) is 4.85. The second-order valence-corrected chi connectivity index (χ2v) is 6.75. The van der Waals surface area contributed by atoms with Crippen LogP contribution in [0.25, 0.3) is 34.3 Å². The van der Waals surface area contributed by atoms with Gasteiger partial charge in [-0.2, -0.15) is 5.10 Å². The average molecular weight is 397 g/mol. The third kappa shape index (κ3) is 4.03. The largest absolute Gasteiger partial charge is 0.424 e. The van der Waals surface area contributed by atoms with E-state index in [0.29, 0.717) is 22.7 Å². The van der Waals surface area contributed by atoms with Crippen molar-refractivity contribution in [1.29, 1.82) is 0 Å². The molecule has 2 aromatic carbocycles. The van der Waals surface area contributed by atoms with Crippen LogP contribution in [-0.4, -0.2) is 26.6 Å². The van der Waals surface area contributed by atoms with Crippen molar-refractivity contribution in [2.75, 3.05) is 0 Å². The fourth-order valence-electron chi connectivity index (χ4n) is 3.13. The standard InChI is InChI=1S/C24H19N3O3/c1-16(28)27-15-20(23(26-27)18-7-4-3-5-8-18)12-14-21-13-11-19-9-6-10-22(24(19)25-21)30-17(2)29/h3-15H,1-2H3. The van der Waals surface area contributed by atoms with Gasteiger partial charge in [-0.15, -0.1) is 0 Å². The van der Waals surface area contributed by atoms with Gasteiger partial charge in [-0.1, -0.05) is 48.5 Å². The van der Waals surface area contributed by atoms with Crippen LogP contribution in [-0.2, 0) is 4.79 Å². The van der Waals surface area contributed by atoms with Gasteiger partial charge in [0.1, 0.15) is 11.2 Å². The summed E-state index contributed by atoms with van der Waals surface area (Å²) in [6, 6.07) is 18.9. The van der Waals surface area contributed by atoms with Crippen LogP contribution < -0.4 is 4.74 Å². The van der Waals surface area contributed by atoms with Crippen molar-refractivity contribution in [3.63, 3.8) is 0 Å². The molecule has 0 aliphatic rings. The van der Waals surface area contributed by atoms with E-state index in [9.17, 15) is 9.59 Å². The summed E-state index contributed by atoms with van der Waals surface area (Å²) in [5, 5.41) is 5.30. The van der Waals surface area contributed by atoms with Crippen molar-refractivity contribution in [2.24, 2.45) is 0 Å². The molecule has 0 radical (unpaired) electrons. The number of aromatic nitrogens is 3. The summed E-state index contributed by atoms with van der Waals surface area (Å²) in [5.41, 5.74) is 3.73. The number of hydrogen-bond acceptors (Lipinski definition) is 5. The zero-order chi connectivity index (χ0) is 21.1. The molecule has 4 rings (SSSR count). The molecule has 0 fully saturated rings. The first-order valence-corrected chi connectivity index (χ1v) is 9.43. The highest BCUT2D eigenvalue weighted by Crippen LogP contribution is 2.26. The fourth-order valence-corrected chi connectivity index (χ4v) is 3.13. The quantitative estimate of drug-likeness (QED) is 0.363. The number of carbonyl (C=O) groups is 2. The molecule has 0 spiro atoms. The summed E-state index contributed by atoms with van der Waals surface area (Å²) in [6.45, 7) is 2.83. The van der Waals surface area contributed by atoms with Crippen LogP contribution in [0, 0.1) is 0 Å². The van der Waals surface area contributed by atoms with Crippen LogP contribution in [0.4, 0.5) is 0 Å². The number of benzene rings is 2. The number of fused-ring (bicyclic) bond motifs is 1. The number of nitrogens with zero attached hydrogens (tertiary/aromatic N) is 3. The third-order valence-electron chi connectivity index (χ3n) is 4.50. The van der Waals surface area contributed by atoms with Gasteiger partial charge in [-0.25, -0.2) is 9.67 Å². The number of esters is 1. The topological polar surface area (TPSA) is 74.1 Å². The Bertz CT molecular complexity index is 1270. The molecule has 0 aliphatic heterocycles. The van der Waals surface area contributed by atoms with Crippen molar-refractivity contribution in [1.82, 2.24) is 14.8 Å². The minimum atomic E-state index is -0.394. The van der Waals surface area contributed by atoms with Crippen LogP contribution in [0.15, 0.2) is 66.9 Å². The predicted molar refractivity (Wildman–Crippen MR) is 116 cm³/mol. The Balaban J connectivity index is 1.74. The summed E-state index contributed by atoms with van der Waals surface area (Å²) in [6.07, 6.45) is 5.42. The molecular formula is C24H19N3O3. The summed E-state index contributed by atoms with van der Waals surface area (Å²) in [4.78, 5) is 27.8. The van der Waals surface area contributed by atoms with Gasteiger partial charge in [0.05, 0.1) is 5.69 Å². The minimum absolute atomic E-state index is 0.165. The van der Waals surface area contributed by atoms with Crippen molar-refractivity contribution >= 4 is 34.9 Å². The SMILES string of the molecule is CC(=O)Oc1cccc2ccc(C=Cc3cn(C(C)=O)nc3-c3ccccc3)nc12. The Kier molecular flexibility index (Phi) is 5.22. The van der Waals surface area contributed by atoms with Gasteiger partial charge in [-0.3, -0.25) is 9.59 Å². The van der Waals surface area contributed by atoms with E-state index in [1.165, 1.54) is 18.5 Å². The van der Waals surface area contributed by atoms with E-state index in [0.717, 1.165) is 16.5 Å². The minimum Gasteiger partial charge on any atom is -0.424 e. The number of para-hydroxylation sites is 1.